The average Bonchev–Trinajstić information content (AvgIpc) is 2.70. The van der Waals surface area contributed by atoms with Crippen LogP contribution >= 0.6 is 0 Å². The number of nitrogens with one attached hydrogen (secondary N) is 2. The molecule has 0 aromatic heterocycles. The van der Waals surface area contributed by atoms with Crippen molar-refractivity contribution in [3.63, 3.8) is 0 Å². The van der Waals surface area contributed by atoms with Crippen LogP contribution in [0.1, 0.15) is 27.0 Å². The first-order valence-electron chi connectivity index (χ1n) is 9.12. The lowest BCUT2D eigenvalue weighted by Gasteiger charge is -2.13. The van der Waals surface area contributed by atoms with Crippen LogP contribution in [0.4, 0.5) is 13.2 Å². The first-order chi connectivity index (χ1) is 13.7. The van der Waals surface area contributed by atoms with Crippen LogP contribution < -0.4 is 10.6 Å². The van der Waals surface area contributed by atoms with Crippen LogP contribution in [-0.2, 0) is 19.1 Å². The smallest absolute Gasteiger partial charge is 0.356 e. The lowest BCUT2D eigenvalue weighted by Crippen LogP contribution is -2.37. The van der Waals surface area contributed by atoms with Gasteiger partial charge in [-0.05, 0) is 41.8 Å². The van der Waals surface area contributed by atoms with Crippen molar-refractivity contribution >= 4 is 11.9 Å². The third-order valence-electron chi connectivity index (χ3n) is 4.28. The monoisotopic (exact) mass is 406 g/mol. The molecule has 2 aromatic carbocycles. The van der Waals surface area contributed by atoms with E-state index in [-0.39, 0.29) is 5.91 Å². The summed E-state index contributed by atoms with van der Waals surface area (Å²) in [6.07, 6.45) is -3.75. The highest BCUT2D eigenvalue weighted by molar-refractivity contribution is 5.93. The van der Waals surface area contributed by atoms with Crippen LogP contribution in [-0.4, -0.2) is 44.5 Å². The molecular formula is C21H25F3N4O. The van der Waals surface area contributed by atoms with E-state index in [1.807, 2.05) is 12.1 Å². The maximum absolute atomic E-state index is 12.6. The van der Waals surface area contributed by atoms with Crippen molar-refractivity contribution in [1.29, 1.82) is 0 Å². The molecule has 0 atom stereocenters. The van der Waals surface area contributed by atoms with E-state index >= 15 is 0 Å². The molecule has 2 N–H and O–H groups in total. The number of guanidine groups is 1. The van der Waals surface area contributed by atoms with Gasteiger partial charge in [-0.25, -0.2) is 0 Å². The number of rotatable bonds is 6. The minimum Gasteiger partial charge on any atom is -0.356 e. The van der Waals surface area contributed by atoms with Gasteiger partial charge in [0.15, 0.2) is 5.96 Å². The summed E-state index contributed by atoms with van der Waals surface area (Å²) in [6, 6.07) is 12.5. The molecule has 0 aliphatic heterocycles. The van der Waals surface area contributed by atoms with E-state index in [2.05, 4.69) is 15.6 Å². The molecule has 0 unspecified atom stereocenters. The highest BCUT2D eigenvalue weighted by Gasteiger charge is 2.29. The molecule has 156 valence electrons. The van der Waals surface area contributed by atoms with E-state index in [0.717, 1.165) is 23.3 Å². The topological polar surface area (TPSA) is 56.7 Å². The van der Waals surface area contributed by atoms with Gasteiger partial charge in [0.1, 0.15) is 0 Å². The summed E-state index contributed by atoms with van der Waals surface area (Å²) >= 11 is 0. The number of carbonyl (C=O) groups excluding carboxylic acids is 1. The molecule has 0 radical (unpaired) electrons. The molecule has 2 aromatic rings. The van der Waals surface area contributed by atoms with Crippen LogP contribution in [0.3, 0.4) is 0 Å². The highest BCUT2D eigenvalue weighted by atomic mass is 19.4. The van der Waals surface area contributed by atoms with Crippen LogP contribution in [0, 0.1) is 0 Å². The molecule has 0 aliphatic carbocycles. The highest BCUT2D eigenvalue weighted by Crippen LogP contribution is 2.29. The summed E-state index contributed by atoms with van der Waals surface area (Å²) in [5, 5.41) is 6.30. The fourth-order valence-corrected chi connectivity index (χ4v) is 2.62. The summed E-state index contributed by atoms with van der Waals surface area (Å²) < 4.78 is 37.8. The molecule has 0 saturated heterocycles. The third-order valence-corrected chi connectivity index (χ3v) is 4.28. The zero-order chi connectivity index (χ0) is 21.4. The number of amides is 1. The molecule has 1 amide bonds. The van der Waals surface area contributed by atoms with Crippen molar-refractivity contribution in [3.8, 4) is 0 Å². The van der Waals surface area contributed by atoms with E-state index in [9.17, 15) is 18.0 Å². The minimum absolute atomic E-state index is 0.0507. The second-order valence-electron chi connectivity index (χ2n) is 6.69. The maximum atomic E-state index is 12.6. The summed E-state index contributed by atoms with van der Waals surface area (Å²) in [5.74, 6) is 0.538. The lowest BCUT2D eigenvalue weighted by molar-refractivity contribution is -0.137. The van der Waals surface area contributed by atoms with Gasteiger partial charge in [0, 0.05) is 39.8 Å². The van der Waals surface area contributed by atoms with Gasteiger partial charge >= 0.3 is 6.18 Å². The van der Waals surface area contributed by atoms with E-state index in [1.165, 1.54) is 17.0 Å². The molecular weight excluding hydrogens is 381 g/mol. The molecule has 8 heteroatoms. The number of carbonyl (C=O) groups is 1. The van der Waals surface area contributed by atoms with Crippen molar-refractivity contribution < 1.29 is 18.0 Å². The molecule has 29 heavy (non-hydrogen) atoms. The zero-order valence-corrected chi connectivity index (χ0v) is 16.7. The molecule has 0 bridgehead atoms. The second kappa shape index (κ2) is 9.95. The number of benzene rings is 2. The molecule has 0 aliphatic rings. The van der Waals surface area contributed by atoms with Crippen molar-refractivity contribution in [1.82, 2.24) is 15.5 Å². The van der Waals surface area contributed by atoms with E-state index in [1.54, 1.807) is 33.3 Å². The largest absolute Gasteiger partial charge is 0.416 e. The molecule has 0 saturated carbocycles. The Balaban J connectivity index is 1.80. The fraction of sp³-hybridized carbons (Fsp3) is 0.333. The SMILES string of the molecule is CN=C(NCCc1ccc(C(F)(F)F)cc1)NCc1ccc(C(=O)N(C)C)cc1. The van der Waals surface area contributed by atoms with E-state index in [0.29, 0.717) is 31.0 Å². The standard InChI is InChI=1S/C21H25F3N4O/c1-25-20(26-13-12-15-6-10-18(11-7-15)21(22,23)24)27-14-16-4-8-17(9-5-16)19(29)28(2)3/h4-11H,12-14H2,1-3H3,(H2,25,26,27). The van der Waals surface area contributed by atoms with Gasteiger partial charge in [0.25, 0.3) is 5.91 Å². The number of halogens is 3. The summed E-state index contributed by atoms with van der Waals surface area (Å²) in [6.45, 7) is 1.05. The van der Waals surface area contributed by atoms with Crippen molar-refractivity contribution in [2.24, 2.45) is 4.99 Å². The van der Waals surface area contributed by atoms with E-state index < -0.39 is 11.7 Å². The second-order valence-corrected chi connectivity index (χ2v) is 6.69. The Morgan fingerprint density at radius 1 is 0.966 bits per heavy atom. The van der Waals surface area contributed by atoms with Crippen molar-refractivity contribution in [2.45, 2.75) is 19.1 Å². The van der Waals surface area contributed by atoms with Crippen LogP contribution in [0.2, 0.25) is 0 Å². The number of hydrogen-bond donors (Lipinski definition) is 2. The number of hydrogen-bond acceptors (Lipinski definition) is 2. The Morgan fingerprint density at radius 3 is 2.07 bits per heavy atom. The predicted octanol–water partition coefficient (Wildman–Crippen LogP) is 3.31. The molecule has 0 fully saturated rings. The summed E-state index contributed by atoms with van der Waals surface area (Å²) in [4.78, 5) is 17.6. The Labute approximate surface area is 168 Å². The Hall–Kier alpha value is -3.03. The Bertz CT molecular complexity index is 828. The Kier molecular flexibility index (Phi) is 7.64. The maximum Gasteiger partial charge on any atom is 0.416 e. The van der Waals surface area contributed by atoms with Gasteiger partial charge in [-0.2, -0.15) is 13.2 Å². The van der Waals surface area contributed by atoms with Gasteiger partial charge < -0.3 is 15.5 Å². The zero-order valence-electron chi connectivity index (χ0n) is 16.7. The van der Waals surface area contributed by atoms with Gasteiger partial charge in [0.2, 0.25) is 0 Å². The molecule has 5 nitrogen and oxygen atoms in total. The van der Waals surface area contributed by atoms with Gasteiger partial charge in [0.05, 0.1) is 5.56 Å². The van der Waals surface area contributed by atoms with Gasteiger partial charge in [-0.15, -0.1) is 0 Å². The minimum atomic E-state index is -4.32. The number of aliphatic imine (C=N–C) groups is 1. The first-order valence-corrected chi connectivity index (χ1v) is 9.12. The van der Waals surface area contributed by atoms with E-state index in [4.69, 9.17) is 0 Å². The quantitative estimate of drug-likeness (QED) is 0.572. The lowest BCUT2D eigenvalue weighted by atomic mass is 10.1. The number of alkyl halides is 3. The average molecular weight is 406 g/mol. The molecule has 0 spiro atoms. The summed E-state index contributed by atoms with van der Waals surface area (Å²) in [7, 11) is 5.06. The predicted molar refractivity (Wildman–Crippen MR) is 108 cm³/mol. The fourth-order valence-electron chi connectivity index (χ4n) is 2.62. The van der Waals surface area contributed by atoms with Crippen molar-refractivity contribution in [3.05, 3.63) is 70.8 Å². The van der Waals surface area contributed by atoms with Gasteiger partial charge in [-0.3, -0.25) is 9.79 Å². The third kappa shape index (κ3) is 6.81. The summed E-state index contributed by atoms with van der Waals surface area (Å²) in [5.41, 5.74) is 1.77. The first kappa shape index (κ1) is 22.3. The van der Waals surface area contributed by atoms with Crippen LogP contribution in [0.25, 0.3) is 0 Å². The molecule has 2 rings (SSSR count). The molecule has 0 heterocycles. The van der Waals surface area contributed by atoms with Crippen molar-refractivity contribution in [2.75, 3.05) is 27.7 Å². The van der Waals surface area contributed by atoms with Crippen LogP contribution in [0.5, 0.6) is 0 Å². The Morgan fingerprint density at radius 2 is 1.55 bits per heavy atom. The number of nitrogens with zero attached hydrogens (tertiary/aromatic N) is 2. The normalized spacial score (nSPS) is 11.9. The van der Waals surface area contributed by atoms with Gasteiger partial charge in [-0.1, -0.05) is 24.3 Å². The van der Waals surface area contributed by atoms with Crippen LogP contribution in [0.15, 0.2) is 53.5 Å².